The fourth-order valence-electron chi connectivity index (χ4n) is 1.40. The van der Waals surface area contributed by atoms with Crippen molar-refractivity contribution in [2.75, 3.05) is 6.54 Å². The summed E-state index contributed by atoms with van der Waals surface area (Å²) in [6, 6.07) is 0. The summed E-state index contributed by atoms with van der Waals surface area (Å²) in [5.41, 5.74) is 5.70. The topological polar surface area (TPSA) is 110 Å². The first-order chi connectivity index (χ1) is 6.70. The second kappa shape index (κ2) is 3.33. The third-order valence-corrected chi connectivity index (χ3v) is 2.50. The molecule has 1 heterocycles. The number of aromatic amines is 1. The van der Waals surface area contributed by atoms with Crippen molar-refractivity contribution in [3.63, 3.8) is 0 Å². The fraction of sp³-hybridized carbons (Fsp3) is 0.714. The number of hydrogen-bond acceptors (Lipinski definition) is 5. The number of hydrogen-bond donors (Lipinski definition) is 3. The van der Waals surface area contributed by atoms with Gasteiger partial charge in [-0.15, -0.1) is 10.2 Å². The number of H-pyrrole nitrogens is 1. The van der Waals surface area contributed by atoms with Crippen molar-refractivity contribution in [3.8, 4) is 0 Å². The Morgan fingerprint density at radius 2 is 2.43 bits per heavy atom. The van der Waals surface area contributed by atoms with Crippen molar-refractivity contribution in [3.05, 3.63) is 5.82 Å². The zero-order chi connectivity index (χ0) is 10.0. The van der Waals surface area contributed by atoms with Crippen molar-refractivity contribution >= 4 is 5.91 Å². The van der Waals surface area contributed by atoms with Crippen LogP contribution < -0.4 is 11.1 Å². The molecule has 0 saturated heterocycles. The quantitative estimate of drug-likeness (QED) is 0.563. The Hall–Kier alpha value is -1.50. The van der Waals surface area contributed by atoms with Crippen LogP contribution in [0.5, 0.6) is 0 Å². The van der Waals surface area contributed by atoms with Gasteiger partial charge in [0, 0.05) is 12.1 Å². The second-order valence-electron chi connectivity index (χ2n) is 3.63. The zero-order valence-corrected chi connectivity index (χ0v) is 7.66. The number of nitrogens with one attached hydrogen (secondary N) is 2. The van der Waals surface area contributed by atoms with Crippen LogP contribution in [0.2, 0.25) is 0 Å². The Labute approximate surface area is 80.4 Å². The highest BCUT2D eigenvalue weighted by atomic mass is 16.2. The fourth-order valence-corrected chi connectivity index (χ4v) is 1.40. The monoisotopic (exact) mass is 196 g/mol. The minimum Gasteiger partial charge on any atom is -0.347 e. The number of nitrogens with zero attached hydrogens (tertiary/aromatic N) is 3. The van der Waals surface area contributed by atoms with Crippen LogP contribution >= 0.6 is 0 Å². The van der Waals surface area contributed by atoms with E-state index in [9.17, 15) is 4.79 Å². The van der Waals surface area contributed by atoms with Gasteiger partial charge in [-0.1, -0.05) is 0 Å². The largest absolute Gasteiger partial charge is 0.347 e. The van der Waals surface area contributed by atoms with Gasteiger partial charge >= 0.3 is 0 Å². The molecule has 7 nitrogen and oxygen atoms in total. The molecule has 0 aliphatic heterocycles. The Morgan fingerprint density at radius 3 is 2.93 bits per heavy atom. The van der Waals surface area contributed by atoms with Crippen LogP contribution in [0.1, 0.15) is 29.9 Å². The van der Waals surface area contributed by atoms with Crippen molar-refractivity contribution in [1.29, 1.82) is 0 Å². The molecule has 1 amide bonds. The van der Waals surface area contributed by atoms with E-state index >= 15 is 0 Å². The van der Waals surface area contributed by atoms with Gasteiger partial charge in [0.1, 0.15) is 0 Å². The lowest BCUT2D eigenvalue weighted by Crippen LogP contribution is -2.55. The van der Waals surface area contributed by atoms with E-state index in [1.54, 1.807) is 0 Å². The van der Waals surface area contributed by atoms with Crippen molar-refractivity contribution in [2.45, 2.75) is 24.8 Å². The summed E-state index contributed by atoms with van der Waals surface area (Å²) in [5, 5.41) is 15.3. The van der Waals surface area contributed by atoms with E-state index in [-0.39, 0.29) is 17.3 Å². The summed E-state index contributed by atoms with van der Waals surface area (Å²) in [7, 11) is 0. The van der Waals surface area contributed by atoms with E-state index in [4.69, 9.17) is 5.73 Å². The molecule has 1 saturated carbocycles. The maximum Gasteiger partial charge on any atom is 0.292 e. The van der Waals surface area contributed by atoms with Crippen LogP contribution in [0.15, 0.2) is 0 Å². The highest BCUT2D eigenvalue weighted by Crippen LogP contribution is 2.27. The summed E-state index contributed by atoms with van der Waals surface area (Å²) in [6.07, 6.45) is 3.05. The average molecular weight is 196 g/mol. The van der Waals surface area contributed by atoms with Gasteiger partial charge in [-0.25, -0.2) is 0 Å². The molecule has 0 aromatic carbocycles. The van der Waals surface area contributed by atoms with E-state index < -0.39 is 0 Å². The number of rotatable bonds is 3. The zero-order valence-electron chi connectivity index (χ0n) is 7.66. The molecule has 1 aromatic rings. The van der Waals surface area contributed by atoms with Crippen LogP contribution in [0, 0.1) is 0 Å². The summed E-state index contributed by atoms with van der Waals surface area (Å²) >= 11 is 0. The number of amides is 1. The van der Waals surface area contributed by atoms with E-state index in [1.807, 2.05) is 0 Å². The Bertz CT molecular complexity index is 317. The van der Waals surface area contributed by atoms with Crippen LogP contribution in [0.3, 0.4) is 0 Å². The Balaban J connectivity index is 1.84. The van der Waals surface area contributed by atoms with E-state index in [0.717, 1.165) is 19.3 Å². The summed E-state index contributed by atoms with van der Waals surface area (Å²) < 4.78 is 0. The van der Waals surface area contributed by atoms with Gasteiger partial charge in [0.25, 0.3) is 11.7 Å². The Kier molecular flexibility index (Phi) is 2.16. The van der Waals surface area contributed by atoms with Gasteiger partial charge in [-0.2, -0.15) is 5.21 Å². The maximum absolute atomic E-state index is 11.3. The maximum atomic E-state index is 11.3. The summed E-state index contributed by atoms with van der Waals surface area (Å²) in [4.78, 5) is 11.3. The lowest BCUT2D eigenvalue weighted by molar-refractivity contribution is 0.0919. The van der Waals surface area contributed by atoms with Crippen LogP contribution in [0.4, 0.5) is 0 Å². The van der Waals surface area contributed by atoms with Gasteiger partial charge in [0.2, 0.25) is 0 Å². The van der Waals surface area contributed by atoms with E-state index in [0.29, 0.717) is 6.54 Å². The van der Waals surface area contributed by atoms with Crippen LogP contribution in [-0.4, -0.2) is 38.6 Å². The summed E-state index contributed by atoms with van der Waals surface area (Å²) in [6.45, 7) is 0.473. The molecule has 1 aliphatic carbocycles. The molecule has 0 unspecified atom stereocenters. The first-order valence-electron chi connectivity index (χ1n) is 4.50. The minimum absolute atomic E-state index is 0.0490. The van der Waals surface area contributed by atoms with Gasteiger partial charge in [-0.3, -0.25) is 4.79 Å². The Morgan fingerprint density at radius 1 is 1.64 bits per heavy atom. The van der Waals surface area contributed by atoms with Gasteiger partial charge < -0.3 is 11.1 Å². The third kappa shape index (κ3) is 1.72. The van der Waals surface area contributed by atoms with E-state index in [1.165, 1.54) is 0 Å². The predicted molar refractivity (Wildman–Crippen MR) is 47.3 cm³/mol. The third-order valence-electron chi connectivity index (χ3n) is 2.50. The molecule has 7 heteroatoms. The van der Waals surface area contributed by atoms with Crippen LogP contribution in [-0.2, 0) is 0 Å². The normalized spacial score (nSPS) is 18.6. The average Bonchev–Trinajstić information content (AvgIpc) is 2.63. The molecule has 76 valence electrons. The first kappa shape index (κ1) is 9.07. The molecule has 0 atom stereocenters. The molecule has 1 aliphatic rings. The lowest BCUT2D eigenvalue weighted by Gasteiger charge is -2.37. The number of carbonyl (C=O) groups excluding carboxylic acids is 1. The molecule has 1 aromatic heterocycles. The SMILES string of the molecule is NC1(CNC(=O)c2nn[nH]n2)CCC1. The molecule has 14 heavy (non-hydrogen) atoms. The molecular formula is C7H12N6O. The van der Waals surface area contributed by atoms with Gasteiger partial charge in [-0.05, 0) is 24.5 Å². The van der Waals surface area contributed by atoms with Crippen LogP contribution in [0.25, 0.3) is 0 Å². The van der Waals surface area contributed by atoms with E-state index in [2.05, 4.69) is 25.9 Å². The second-order valence-corrected chi connectivity index (χ2v) is 3.63. The minimum atomic E-state index is -0.338. The summed E-state index contributed by atoms with van der Waals surface area (Å²) in [5.74, 6) is -0.289. The highest BCUT2D eigenvalue weighted by Gasteiger charge is 2.32. The van der Waals surface area contributed by atoms with Gasteiger partial charge in [0.05, 0.1) is 0 Å². The molecule has 0 bridgehead atoms. The van der Waals surface area contributed by atoms with Crippen molar-refractivity contribution in [1.82, 2.24) is 25.9 Å². The number of nitrogens with two attached hydrogens (primary N) is 1. The van der Waals surface area contributed by atoms with Crippen molar-refractivity contribution in [2.24, 2.45) is 5.73 Å². The number of tetrazole rings is 1. The number of carbonyl (C=O) groups is 1. The van der Waals surface area contributed by atoms with Crippen molar-refractivity contribution < 1.29 is 4.79 Å². The molecule has 4 N–H and O–H groups in total. The first-order valence-corrected chi connectivity index (χ1v) is 4.50. The molecule has 1 fully saturated rings. The molecule has 2 rings (SSSR count). The smallest absolute Gasteiger partial charge is 0.292 e. The standard InChI is InChI=1S/C7H12N6O/c8-7(2-1-3-7)4-9-6(14)5-10-12-13-11-5/h1-4,8H2,(H,9,14)(H,10,11,12,13). The molecule has 0 radical (unpaired) electrons. The number of aromatic nitrogens is 4. The van der Waals surface area contributed by atoms with Gasteiger partial charge in [0.15, 0.2) is 0 Å². The molecule has 0 spiro atoms. The highest BCUT2D eigenvalue weighted by molar-refractivity contribution is 5.90. The molecular weight excluding hydrogens is 184 g/mol. The lowest BCUT2D eigenvalue weighted by atomic mass is 9.78. The predicted octanol–water partition coefficient (Wildman–Crippen LogP) is -1.19.